The van der Waals surface area contributed by atoms with Crippen LogP contribution in [-0.4, -0.2) is 28.6 Å². The van der Waals surface area contributed by atoms with Crippen LogP contribution in [0.5, 0.6) is 5.75 Å². The Balaban J connectivity index is 2.26. The van der Waals surface area contributed by atoms with Gasteiger partial charge in [0.1, 0.15) is 5.82 Å². The number of phenolic OH excluding ortho intramolecular Hbond substituents is 1. The Morgan fingerprint density at radius 1 is 1.48 bits per heavy atom. The molecule has 0 saturated heterocycles. The van der Waals surface area contributed by atoms with Crippen molar-refractivity contribution in [2.75, 3.05) is 5.73 Å². The number of nitrogens with two attached hydrogens (primary N) is 1. The molecule has 5 N–H and O–H groups in total. The van der Waals surface area contributed by atoms with Gasteiger partial charge in [-0.2, -0.15) is 5.10 Å². The maximum Gasteiger partial charge on any atom is 0.312 e. The molecule has 10 nitrogen and oxygen atoms in total. The fraction of sp³-hybridized carbons (Fsp3) is 0.100. The summed E-state index contributed by atoms with van der Waals surface area (Å²) in [4.78, 5) is 9.48. The third-order valence-electron chi connectivity index (χ3n) is 2.66. The number of hydrogen-bond acceptors (Lipinski definition) is 7. The summed E-state index contributed by atoms with van der Waals surface area (Å²) in [6.45, 7) is -0.126. The number of nitrogen functional groups attached to an aromatic ring is 1. The second-order valence-corrected chi connectivity index (χ2v) is 5.81. The molecule has 0 unspecified atom stereocenters. The molecule has 1 heterocycles. The molecule has 0 aliphatic heterocycles. The van der Waals surface area contributed by atoms with E-state index in [9.17, 15) is 23.6 Å². The molecule has 21 heavy (non-hydrogen) atoms. The SMILES string of the molecule is Nc1[nH]ncc1CNS(=O)(=O)c1ccc(O)c([N+](=O)[O-])c1. The lowest BCUT2D eigenvalue weighted by Crippen LogP contribution is -2.23. The molecule has 0 bridgehead atoms. The van der Waals surface area contributed by atoms with Crippen LogP contribution in [-0.2, 0) is 16.6 Å². The van der Waals surface area contributed by atoms with Gasteiger partial charge >= 0.3 is 5.69 Å². The van der Waals surface area contributed by atoms with Gasteiger partial charge in [-0.3, -0.25) is 15.2 Å². The molecule has 1 aromatic carbocycles. The minimum Gasteiger partial charge on any atom is -0.502 e. The van der Waals surface area contributed by atoms with Gasteiger partial charge in [0.25, 0.3) is 0 Å². The van der Waals surface area contributed by atoms with Crippen LogP contribution in [0.25, 0.3) is 0 Å². The van der Waals surface area contributed by atoms with Crippen molar-refractivity contribution < 1.29 is 18.4 Å². The number of anilines is 1. The predicted octanol–water partition coefficient (Wildman–Crippen LogP) is 0.0842. The van der Waals surface area contributed by atoms with E-state index in [-0.39, 0.29) is 17.3 Å². The maximum absolute atomic E-state index is 12.0. The standard InChI is InChI=1S/C10H11N5O5S/c11-10-6(4-12-14-10)5-13-21(19,20)7-1-2-9(16)8(3-7)15(17)18/h1-4,13,16H,5H2,(H3,11,12,14). The molecule has 0 fully saturated rings. The Morgan fingerprint density at radius 3 is 2.76 bits per heavy atom. The number of nitrogens with zero attached hydrogens (tertiary/aromatic N) is 2. The smallest absolute Gasteiger partial charge is 0.312 e. The van der Waals surface area contributed by atoms with Gasteiger partial charge in [-0.1, -0.05) is 0 Å². The van der Waals surface area contributed by atoms with Crippen molar-refractivity contribution in [3.63, 3.8) is 0 Å². The Bertz CT molecular complexity index is 785. The summed E-state index contributed by atoms with van der Waals surface area (Å²) >= 11 is 0. The van der Waals surface area contributed by atoms with E-state index in [4.69, 9.17) is 5.73 Å². The molecular weight excluding hydrogens is 302 g/mol. The van der Waals surface area contributed by atoms with Gasteiger partial charge in [-0.25, -0.2) is 13.1 Å². The zero-order valence-corrected chi connectivity index (χ0v) is 11.3. The number of rotatable bonds is 5. The van der Waals surface area contributed by atoms with Crippen molar-refractivity contribution in [2.24, 2.45) is 0 Å². The van der Waals surface area contributed by atoms with E-state index in [0.29, 0.717) is 5.56 Å². The predicted molar refractivity (Wildman–Crippen MR) is 71.8 cm³/mol. The average molecular weight is 313 g/mol. The monoisotopic (exact) mass is 313 g/mol. The molecule has 0 spiro atoms. The number of aromatic amines is 1. The lowest BCUT2D eigenvalue weighted by Gasteiger charge is -2.06. The van der Waals surface area contributed by atoms with Crippen LogP contribution in [0.3, 0.4) is 0 Å². The van der Waals surface area contributed by atoms with E-state index in [1.54, 1.807) is 0 Å². The van der Waals surface area contributed by atoms with Crippen molar-refractivity contribution in [1.82, 2.24) is 14.9 Å². The first-order valence-electron chi connectivity index (χ1n) is 5.56. The van der Waals surface area contributed by atoms with Crippen molar-refractivity contribution in [2.45, 2.75) is 11.4 Å². The minimum absolute atomic E-state index is 0.126. The first-order chi connectivity index (χ1) is 9.81. The molecule has 0 saturated carbocycles. The second kappa shape index (κ2) is 5.38. The first kappa shape index (κ1) is 14.7. The van der Waals surface area contributed by atoms with Crippen molar-refractivity contribution >= 4 is 21.5 Å². The first-order valence-corrected chi connectivity index (χ1v) is 7.04. The van der Waals surface area contributed by atoms with E-state index in [1.165, 1.54) is 6.20 Å². The zero-order valence-electron chi connectivity index (χ0n) is 10.5. The van der Waals surface area contributed by atoms with Crippen molar-refractivity contribution in [3.05, 3.63) is 40.1 Å². The minimum atomic E-state index is -3.99. The summed E-state index contributed by atoms with van der Waals surface area (Å²) in [6, 6.07) is 2.78. The Kier molecular flexibility index (Phi) is 3.78. The van der Waals surface area contributed by atoms with Crippen molar-refractivity contribution in [1.29, 1.82) is 0 Å². The number of H-pyrrole nitrogens is 1. The van der Waals surface area contributed by atoms with Crippen LogP contribution in [0.4, 0.5) is 11.5 Å². The van der Waals surface area contributed by atoms with E-state index < -0.39 is 26.4 Å². The highest BCUT2D eigenvalue weighted by Gasteiger charge is 2.21. The van der Waals surface area contributed by atoms with Gasteiger partial charge in [0.05, 0.1) is 16.0 Å². The summed E-state index contributed by atoms with van der Waals surface area (Å²) < 4.78 is 26.3. The molecule has 2 aromatic rings. The number of hydrogen-bond donors (Lipinski definition) is 4. The number of benzene rings is 1. The van der Waals surface area contributed by atoms with Crippen LogP contribution < -0.4 is 10.5 Å². The third-order valence-corrected chi connectivity index (χ3v) is 4.06. The van der Waals surface area contributed by atoms with Gasteiger partial charge in [-0.15, -0.1) is 0 Å². The fourth-order valence-corrected chi connectivity index (χ4v) is 2.56. The van der Waals surface area contributed by atoms with Crippen LogP contribution >= 0.6 is 0 Å². The Hall–Kier alpha value is -2.66. The maximum atomic E-state index is 12.0. The van der Waals surface area contributed by atoms with E-state index in [2.05, 4.69) is 14.9 Å². The highest BCUT2D eigenvalue weighted by atomic mass is 32.2. The number of sulfonamides is 1. The van der Waals surface area contributed by atoms with Crippen LogP contribution in [0.2, 0.25) is 0 Å². The van der Waals surface area contributed by atoms with Crippen LogP contribution in [0.1, 0.15) is 5.56 Å². The summed E-state index contributed by atoms with van der Waals surface area (Å²) in [5, 5.41) is 26.1. The summed E-state index contributed by atoms with van der Waals surface area (Å²) in [6.07, 6.45) is 1.36. The van der Waals surface area contributed by atoms with Gasteiger partial charge in [0, 0.05) is 18.2 Å². The van der Waals surface area contributed by atoms with Crippen LogP contribution in [0, 0.1) is 10.1 Å². The molecule has 11 heteroatoms. The topological polar surface area (TPSA) is 164 Å². The molecule has 0 atom stereocenters. The molecule has 0 amide bonds. The number of nitrogens with one attached hydrogen (secondary N) is 2. The molecule has 0 aliphatic rings. The highest BCUT2D eigenvalue weighted by molar-refractivity contribution is 7.89. The average Bonchev–Trinajstić information content (AvgIpc) is 2.82. The Morgan fingerprint density at radius 2 is 2.19 bits per heavy atom. The number of aromatic hydroxyl groups is 1. The van der Waals surface area contributed by atoms with Gasteiger partial charge in [0.15, 0.2) is 5.75 Å². The highest BCUT2D eigenvalue weighted by Crippen LogP contribution is 2.28. The molecule has 0 radical (unpaired) electrons. The zero-order chi connectivity index (χ0) is 15.6. The third kappa shape index (κ3) is 3.09. The van der Waals surface area contributed by atoms with Crippen LogP contribution in [0.15, 0.2) is 29.3 Å². The quantitative estimate of drug-likeness (QED) is 0.448. The number of nitro groups is 1. The molecule has 2 rings (SSSR count). The number of nitro benzene ring substituents is 1. The van der Waals surface area contributed by atoms with E-state index >= 15 is 0 Å². The van der Waals surface area contributed by atoms with Gasteiger partial charge in [-0.05, 0) is 12.1 Å². The summed E-state index contributed by atoms with van der Waals surface area (Å²) in [5.41, 5.74) is 5.26. The summed E-state index contributed by atoms with van der Waals surface area (Å²) in [5.74, 6) is -0.396. The van der Waals surface area contributed by atoms with E-state index in [1.807, 2.05) is 0 Å². The normalized spacial score (nSPS) is 11.4. The second-order valence-electron chi connectivity index (χ2n) is 4.04. The van der Waals surface area contributed by atoms with Gasteiger partial charge < -0.3 is 10.8 Å². The molecular formula is C10H11N5O5S. The fourth-order valence-electron chi connectivity index (χ4n) is 1.53. The summed E-state index contributed by atoms with van der Waals surface area (Å²) in [7, 11) is -3.99. The largest absolute Gasteiger partial charge is 0.502 e. The molecule has 112 valence electrons. The Labute approximate surface area is 118 Å². The lowest BCUT2D eigenvalue weighted by atomic mass is 10.3. The molecule has 1 aromatic heterocycles. The van der Waals surface area contributed by atoms with E-state index in [0.717, 1.165) is 18.2 Å². The number of phenols is 1. The van der Waals surface area contributed by atoms with Crippen molar-refractivity contribution in [3.8, 4) is 5.75 Å². The van der Waals surface area contributed by atoms with Gasteiger partial charge in [0.2, 0.25) is 10.0 Å². The molecule has 0 aliphatic carbocycles. The number of aromatic nitrogens is 2. The lowest BCUT2D eigenvalue weighted by molar-refractivity contribution is -0.386.